The largest absolute Gasteiger partial charge is 0.435 e. The zero-order chi connectivity index (χ0) is 23.6. The number of aromatic nitrogens is 2. The van der Waals surface area contributed by atoms with Gasteiger partial charge in [0.15, 0.2) is 5.69 Å². The van der Waals surface area contributed by atoms with Crippen molar-refractivity contribution in [3.63, 3.8) is 0 Å². The number of aryl methyl sites for hydroxylation is 1. The number of primary sulfonamides is 1. The van der Waals surface area contributed by atoms with Crippen molar-refractivity contribution >= 4 is 20.1 Å². The highest BCUT2D eigenvalue weighted by atomic mass is 32.2. The summed E-state index contributed by atoms with van der Waals surface area (Å²) in [5, 5.41) is 8.70. The van der Waals surface area contributed by atoms with Crippen LogP contribution in [0.15, 0.2) is 59.5 Å². The van der Waals surface area contributed by atoms with Gasteiger partial charge in [-0.05, 0) is 37.3 Å². The maximum atomic E-state index is 13.1. The van der Waals surface area contributed by atoms with E-state index in [1.165, 1.54) is 24.3 Å². The summed E-state index contributed by atoms with van der Waals surface area (Å²) in [6.07, 6.45) is -3.89. The van der Waals surface area contributed by atoms with Gasteiger partial charge in [-0.25, -0.2) is 18.2 Å². The Bertz CT molecular complexity index is 1260. The van der Waals surface area contributed by atoms with E-state index < -0.39 is 32.0 Å². The van der Waals surface area contributed by atoms with Gasteiger partial charge in [0.05, 0.1) is 22.5 Å². The van der Waals surface area contributed by atoms with Crippen molar-refractivity contribution in [3.05, 3.63) is 65.9 Å². The molecule has 0 spiro atoms. The predicted molar refractivity (Wildman–Crippen MR) is 108 cm³/mol. The number of rotatable bonds is 3. The molecule has 13 heteroatoms. The van der Waals surface area contributed by atoms with E-state index in [1.54, 1.807) is 24.3 Å². The highest BCUT2D eigenvalue weighted by molar-refractivity contribution is 7.89. The van der Waals surface area contributed by atoms with E-state index in [1.807, 2.05) is 6.92 Å². The average Bonchev–Trinajstić information content (AvgIpc) is 3.06. The van der Waals surface area contributed by atoms with Crippen LogP contribution in [0.4, 0.5) is 13.2 Å². The van der Waals surface area contributed by atoms with Gasteiger partial charge in [-0.15, -0.1) is 0 Å². The van der Waals surface area contributed by atoms with E-state index in [9.17, 15) is 30.0 Å². The van der Waals surface area contributed by atoms with Gasteiger partial charge >= 0.3 is 6.18 Å². The molecule has 0 fully saturated rings. The van der Waals surface area contributed by atoms with Gasteiger partial charge in [0.2, 0.25) is 10.0 Å². The minimum atomic E-state index is -4.61. The Morgan fingerprint density at radius 2 is 1.45 bits per heavy atom. The van der Waals surface area contributed by atoms with Crippen LogP contribution in [-0.4, -0.2) is 37.4 Å². The van der Waals surface area contributed by atoms with Crippen LogP contribution in [0.1, 0.15) is 11.3 Å². The molecule has 1 heterocycles. The average molecular weight is 477 g/mol. The van der Waals surface area contributed by atoms with E-state index in [4.69, 9.17) is 9.69 Å². The molecule has 0 saturated carbocycles. The van der Waals surface area contributed by atoms with E-state index in [-0.39, 0.29) is 16.3 Å². The first-order valence-electron chi connectivity index (χ1n) is 8.36. The summed E-state index contributed by atoms with van der Waals surface area (Å²) < 4.78 is 89.1. The second kappa shape index (κ2) is 8.78. The quantitative estimate of drug-likeness (QED) is 0.558. The molecule has 3 rings (SSSR count). The van der Waals surface area contributed by atoms with Crippen molar-refractivity contribution < 1.29 is 34.6 Å². The zero-order valence-corrected chi connectivity index (χ0v) is 17.8. The van der Waals surface area contributed by atoms with Gasteiger partial charge in [-0.2, -0.15) is 26.7 Å². The Labute approximate surface area is 176 Å². The lowest BCUT2D eigenvalue weighted by atomic mass is 10.1. The van der Waals surface area contributed by atoms with Gasteiger partial charge in [-0.3, -0.25) is 4.55 Å². The molecule has 2 aromatic carbocycles. The van der Waals surface area contributed by atoms with Gasteiger partial charge in [-0.1, -0.05) is 29.8 Å². The molecule has 0 amide bonds. The minimum absolute atomic E-state index is 0.138. The number of benzene rings is 2. The lowest BCUT2D eigenvalue weighted by Gasteiger charge is -2.09. The van der Waals surface area contributed by atoms with Crippen LogP contribution in [0, 0.1) is 6.92 Å². The Morgan fingerprint density at radius 3 is 1.87 bits per heavy atom. The normalized spacial score (nSPS) is 12.2. The number of sulfonamides is 1. The van der Waals surface area contributed by atoms with Gasteiger partial charge in [0, 0.05) is 5.56 Å². The molecule has 0 saturated heterocycles. The fourth-order valence-corrected chi connectivity index (χ4v) is 2.94. The molecule has 168 valence electrons. The summed E-state index contributed by atoms with van der Waals surface area (Å²) in [5.74, 6) is 0. The zero-order valence-electron chi connectivity index (χ0n) is 16.2. The molecule has 0 aliphatic heterocycles. The van der Waals surface area contributed by atoms with Crippen LogP contribution in [0.3, 0.4) is 0 Å². The summed E-state index contributed by atoms with van der Waals surface area (Å²) in [5.41, 5.74) is 0.996. The van der Waals surface area contributed by atoms with Crippen molar-refractivity contribution in [3.8, 4) is 16.9 Å². The standard InChI is InChI=1S/C17H14F3N3O2S.CH4O3S/c1-11-2-4-12(5-3-11)15-10-16(17(18,19)20)22-23(15)13-6-8-14(9-7-13)26(21,24)25;1-5(2,3)4/h2-10H,1H3,(H2,21,24,25);1H3,(H,2,3,4). The summed E-state index contributed by atoms with van der Waals surface area (Å²) in [4.78, 5) is -0.138. The van der Waals surface area contributed by atoms with Crippen LogP contribution in [0.2, 0.25) is 0 Å². The first-order chi connectivity index (χ1) is 14.1. The third-order valence-corrected chi connectivity index (χ3v) is 4.69. The summed E-state index contributed by atoms with van der Waals surface area (Å²) >= 11 is 0. The molecule has 31 heavy (non-hydrogen) atoms. The van der Waals surface area contributed by atoms with Gasteiger partial charge in [0.1, 0.15) is 0 Å². The first-order valence-corrected chi connectivity index (χ1v) is 11.7. The second-order valence-corrected chi connectivity index (χ2v) is 9.49. The third-order valence-electron chi connectivity index (χ3n) is 3.76. The van der Waals surface area contributed by atoms with Crippen molar-refractivity contribution in [1.82, 2.24) is 9.78 Å². The fraction of sp³-hybridized carbons (Fsp3) is 0.167. The van der Waals surface area contributed by atoms with Gasteiger partial charge < -0.3 is 0 Å². The molecular weight excluding hydrogens is 459 g/mol. The lowest BCUT2D eigenvalue weighted by Crippen LogP contribution is -2.12. The molecule has 3 N–H and O–H groups in total. The fourth-order valence-electron chi connectivity index (χ4n) is 2.42. The van der Waals surface area contributed by atoms with Crippen molar-refractivity contribution in [1.29, 1.82) is 0 Å². The monoisotopic (exact) mass is 477 g/mol. The molecule has 0 aliphatic rings. The predicted octanol–water partition coefficient (Wildman–Crippen LogP) is 3.02. The van der Waals surface area contributed by atoms with Crippen LogP contribution in [0.5, 0.6) is 0 Å². The van der Waals surface area contributed by atoms with E-state index in [2.05, 4.69) is 5.10 Å². The van der Waals surface area contributed by atoms with Crippen LogP contribution < -0.4 is 5.14 Å². The number of nitrogens with two attached hydrogens (primary N) is 1. The van der Waals surface area contributed by atoms with Crippen LogP contribution in [-0.2, 0) is 26.3 Å². The maximum Gasteiger partial charge on any atom is 0.435 e. The highest BCUT2D eigenvalue weighted by Crippen LogP contribution is 2.33. The minimum Gasteiger partial charge on any atom is -0.286 e. The number of nitrogens with zero attached hydrogens (tertiary/aromatic N) is 2. The third kappa shape index (κ3) is 7.17. The van der Waals surface area contributed by atoms with E-state index in [0.717, 1.165) is 16.3 Å². The molecular formula is C18H18F3N3O5S2. The molecule has 0 radical (unpaired) electrons. The summed E-state index contributed by atoms with van der Waals surface area (Å²) in [7, 11) is -7.56. The summed E-state index contributed by atoms with van der Waals surface area (Å²) in [6.45, 7) is 1.87. The maximum absolute atomic E-state index is 13.1. The molecule has 1 aromatic heterocycles. The number of hydrogen-bond donors (Lipinski definition) is 2. The Morgan fingerprint density at radius 1 is 0.968 bits per heavy atom. The smallest absolute Gasteiger partial charge is 0.286 e. The van der Waals surface area contributed by atoms with Crippen molar-refractivity contribution in [2.75, 3.05) is 6.26 Å². The van der Waals surface area contributed by atoms with Crippen molar-refractivity contribution in [2.24, 2.45) is 5.14 Å². The van der Waals surface area contributed by atoms with Crippen LogP contribution >= 0.6 is 0 Å². The van der Waals surface area contributed by atoms with Crippen molar-refractivity contribution in [2.45, 2.75) is 18.0 Å². The van der Waals surface area contributed by atoms with E-state index >= 15 is 0 Å². The summed E-state index contributed by atoms with van der Waals surface area (Å²) in [6, 6.07) is 13.1. The Kier molecular flexibility index (Phi) is 6.95. The molecule has 0 aliphatic carbocycles. The Balaban J connectivity index is 0.000000614. The lowest BCUT2D eigenvalue weighted by molar-refractivity contribution is -0.141. The number of halogens is 3. The first kappa shape index (κ1) is 24.5. The number of hydrogen-bond acceptors (Lipinski definition) is 5. The second-order valence-electron chi connectivity index (χ2n) is 6.46. The SMILES string of the molecule is CS(=O)(=O)O.Cc1ccc(-c2cc(C(F)(F)F)nn2-c2ccc(S(N)(=O)=O)cc2)cc1. The molecule has 0 unspecified atom stereocenters. The van der Waals surface area contributed by atoms with Gasteiger partial charge in [0.25, 0.3) is 10.1 Å². The Hall–Kier alpha value is -2.74. The molecule has 8 nitrogen and oxygen atoms in total. The van der Waals surface area contributed by atoms with E-state index in [0.29, 0.717) is 11.8 Å². The van der Waals surface area contributed by atoms with Crippen LogP contribution in [0.25, 0.3) is 16.9 Å². The highest BCUT2D eigenvalue weighted by Gasteiger charge is 2.35. The molecule has 3 aromatic rings. The molecule has 0 bridgehead atoms. The topological polar surface area (TPSA) is 132 Å². The number of alkyl halides is 3. The molecule has 0 atom stereocenters.